The molecule has 0 aromatic rings. The third-order valence-corrected chi connectivity index (χ3v) is 14.1. The molecule has 2 amide bonds. The van der Waals surface area contributed by atoms with E-state index in [2.05, 4.69) is 59.9 Å². The number of nitrogens with zero attached hydrogens (tertiary/aromatic N) is 2. The quantitative estimate of drug-likeness (QED) is 0.417. The molecule has 6 aliphatic carbocycles. The first-order chi connectivity index (χ1) is 18.4. The fraction of sp³-hybridized carbons (Fsp3) is 0.824. The minimum absolute atomic E-state index is 0.00924. The van der Waals surface area contributed by atoms with Crippen molar-refractivity contribution in [3.8, 4) is 6.07 Å². The van der Waals surface area contributed by atoms with Crippen LogP contribution in [0.4, 0.5) is 4.79 Å². The lowest BCUT2D eigenvalue weighted by atomic mass is 9.34. The van der Waals surface area contributed by atoms with Crippen LogP contribution in [0.5, 0.6) is 0 Å². The second-order valence-electron chi connectivity index (χ2n) is 16.9. The van der Waals surface area contributed by atoms with Crippen molar-refractivity contribution in [1.29, 1.82) is 5.26 Å². The molecule has 0 aromatic carbocycles. The van der Waals surface area contributed by atoms with Crippen molar-refractivity contribution in [2.45, 2.75) is 105 Å². The second kappa shape index (κ2) is 7.81. The maximum atomic E-state index is 14.6. The Morgan fingerprint density at radius 2 is 1.60 bits per heavy atom. The molecule has 218 valence electrons. The third kappa shape index (κ3) is 3.08. The van der Waals surface area contributed by atoms with Gasteiger partial charge in [-0.1, -0.05) is 54.0 Å². The first-order valence-corrected chi connectivity index (χ1v) is 15.6. The average molecular weight is 548 g/mol. The molecule has 0 aliphatic heterocycles. The van der Waals surface area contributed by atoms with E-state index in [4.69, 9.17) is 0 Å². The first-order valence-electron chi connectivity index (χ1n) is 15.6. The third-order valence-electron chi connectivity index (χ3n) is 14.1. The van der Waals surface area contributed by atoms with Crippen LogP contribution in [0.25, 0.3) is 0 Å². The SMILES string of the molecule is CN(C)C(=O)N[C@]12CCC(C)(C)CC1C1C(=O)C=C3[C@@]4(C)[C@H]5C[C@@]5(C#N)C(=O)C(C)(C)[C@@H]4CC[C@@]3(C)[C@]1(C)CC2. The Bertz CT molecular complexity index is 1290. The first kappa shape index (κ1) is 28.0. The number of Topliss-reactive ketones (excluding diaryl/α,β-unsaturated/α-hetero) is 1. The summed E-state index contributed by atoms with van der Waals surface area (Å²) in [7, 11) is 3.58. The molecule has 0 heterocycles. The fourth-order valence-electron chi connectivity index (χ4n) is 11.6. The number of hydrogen-bond donors (Lipinski definition) is 1. The molecule has 0 spiro atoms. The molecule has 2 unspecified atom stereocenters. The van der Waals surface area contributed by atoms with Crippen LogP contribution in [0, 0.1) is 67.5 Å². The molecular weight excluding hydrogens is 498 g/mol. The van der Waals surface area contributed by atoms with Crippen LogP contribution in [0.3, 0.4) is 0 Å². The molecule has 5 saturated carbocycles. The lowest BCUT2D eigenvalue weighted by Gasteiger charge is -2.70. The number of nitriles is 1. The van der Waals surface area contributed by atoms with Crippen LogP contribution >= 0.6 is 0 Å². The largest absolute Gasteiger partial charge is 0.332 e. The zero-order valence-electron chi connectivity index (χ0n) is 26.2. The number of rotatable bonds is 1. The van der Waals surface area contributed by atoms with Gasteiger partial charge in [-0.15, -0.1) is 0 Å². The van der Waals surface area contributed by atoms with E-state index in [9.17, 15) is 19.6 Å². The average Bonchev–Trinajstić information content (AvgIpc) is 3.62. The van der Waals surface area contributed by atoms with Crippen molar-refractivity contribution in [2.24, 2.45) is 56.2 Å². The molecule has 40 heavy (non-hydrogen) atoms. The van der Waals surface area contributed by atoms with Gasteiger partial charge in [0.05, 0.1) is 6.07 Å². The van der Waals surface area contributed by atoms with Gasteiger partial charge in [0.15, 0.2) is 11.6 Å². The molecule has 6 aliphatic rings. The molecule has 6 rings (SSSR count). The van der Waals surface area contributed by atoms with Crippen LogP contribution in [0.1, 0.15) is 99.8 Å². The van der Waals surface area contributed by atoms with Gasteiger partial charge in [0.2, 0.25) is 0 Å². The highest BCUT2D eigenvalue weighted by molar-refractivity contribution is 5.99. The number of nitrogens with one attached hydrogen (secondary N) is 1. The minimum atomic E-state index is -0.903. The van der Waals surface area contributed by atoms with Crippen molar-refractivity contribution in [3.63, 3.8) is 0 Å². The highest BCUT2D eigenvalue weighted by atomic mass is 16.2. The van der Waals surface area contributed by atoms with Gasteiger partial charge in [0.1, 0.15) is 5.41 Å². The smallest absolute Gasteiger partial charge is 0.317 e. The lowest BCUT2D eigenvalue weighted by molar-refractivity contribution is -0.168. The highest BCUT2D eigenvalue weighted by Crippen LogP contribution is 2.81. The predicted molar refractivity (Wildman–Crippen MR) is 154 cm³/mol. The number of allylic oxidation sites excluding steroid dienone is 2. The highest BCUT2D eigenvalue weighted by Gasteiger charge is 2.80. The van der Waals surface area contributed by atoms with Crippen LogP contribution in [-0.4, -0.2) is 42.1 Å². The van der Waals surface area contributed by atoms with Crippen LogP contribution < -0.4 is 5.32 Å². The van der Waals surface area contributed by atoms with Crippen molar-refractivity contribution < 1.29 is 14.4 Å². The molecular formula is C34H49N3O3. The van der Waals surface area contributed by atoms with E-state index in [1.165, 1.54) is 5.57 Å². The molecule has 0 bridgehead atoms. The number of ketones is 2. The Morgan fingerprint density at radius 3 is 2.23 bits per heavy atom. The molecule has 0 saturated heterocycles. The van der Waals surface area contributed by atoms with E-state index >= 15 is 0 Å². The maximum Gasteiger partial charge on any atom is 0.317 e. The lowest BCUT2D eigenvalue weighted by Crippen LogP contribution is -2.70. The Morgan fingerprint density at radius 1 is 0.950 bits per heavy atom. The van der Waals surface area contributed by atoms with Gasteiger partial charge in [0, 0.05) is 31.0 Å². The topological polar surface area (TPSA) is 90.3 Å². The Kier molecular flexibility index (Phi) is 5.46. The molecule has 6 nitrogen and oxygen atoms in total. The maximum absolute atomic E-state index is 14.6. The van der Waals surface area contributed by atoms with Gasteiger partial charge in [-0.2, -0.15) is 5.26 Å². The number of carbonyl (C=O) groups is 3. The van der Waals surface area contributed by atoms with E-state index in [0.29, 0.717) is 6.42 Å². The van der Waals surface area contributed by atoms with E-state index in [1.807, 2.05) is 6.08 Å². The summed E-state index contributed by atoms with van der Waals surface area (Å²) in [6, 6.07) is 2.41. The Labute approximate surface area is 240 Å². The summed E-state index contributed by atoms with van der Waals surface area (Å²) in [6.07, 6.45) is 9.16. The van der Waals surface area contributed by atoms with E-state index in [0.717, 1.165) is 44.9 Å². The van der Waals surface area contributed by atoms with Crippen molar-refractivity contribution in [3.05, 3.63) is 11.6 Å². The van der Waals surface area contributed by atoms with Gasteiger partial charge >= 0.3 is 6.03 Å². The normalized spacial score (nSPS) is 49.5. The van der Waals surface area contributed by atoms with E-state index < -0.39 is 10.8 Å². The van der Waals surface area contributed by atoms with Crippen molar-refractivity contribution in [1.82, 2.24) is 10.2 Å². The summed E-state index contributed by atoms with van der Waals surface area (Å²) in [4.78, 5) is 43.0. The molecule has 1 N–H and O–H groups in total. The number of amides is 2. The summed E-state index contributed by atoms with van der Waals surface area (Å²) < 4.78 is 0. The molecule has 0 radical (unpaired) electrons. The summed E-state index contributed by atoms with van der Waals surface area (Å²) in [6.45, 7) is 15.8. The van der Waals surface area contributed by atoms with Crippen molar-refractivity contribution >= 4 is 17.6 Å². The summed E-state index contributed by atoms with van der Waals surface area (Å²) >= 11 is 0. The standard InChI is InChI=1S/C34H49N3O3/c1-28(2)12-14-34(36-27(40)37(8)9)15-13-31(6)25(20(34)17-28)21(38)16-23-30(31,5)11-10-22-29(3,4)26(39)33(19-35)18-24(33)32(22,23)7/h16,20,22,24-25H,10-15,17-18H2,1-9H3,(H,36,40)/t20?,22-,24+,25?,30+,31+,32-,33-,34-/m0/s1. The second-order valence-corrected chi connectivity index (χ2v) is 16.9. The molecule has 0 aromatic heterocycles. The van der Waals surface area contributed by atoms with Gasteiger partial charge in [-0.3, -0.25) is 9.59 Å². The number of fused-ring (bicyclic) bond motifs is 9. The Hall–Kier alpha value is -2.16. The van der Waals surface area contributed by atoms with Gasteiger partial charge < -0.3 is 10.2 Å². The van der Waals surface area contributed by atoms with Gasteiger partial charge in [-0.05, 0) is 96.9 Å². The van der Waals surface area contributed by atoms with Crippen molar-refractivity contribution in [2.75, 3.05) is 14.1 Å². The monoisotopic (exact) mass is 547 g/mol. The zero-order valence-corrected chi connectivity index (χ0v) is 26.2. The van der Waals surface area contributed by atoms with Crippen LogP contribution in [0.2, 0.25) is 0 Å². The van der Waals surface area contributed by atoms with Crippen LogP contribution in [0.15, 0.2) is 11.6 Å². The molecule has 9 atom stereocenters. The molecule has 5 fully saturated rings. The minimum Gasteiger partial charge on any atom is -0.332 e. The number of carbonyl (C=O) groups excluding carboxylic acids is 3. The molecule has 6 heteroatoms. The predicted octanol–water partition coefficient (Wildman–Crippen LogP) is 6.31. The number of urea groups is 1. The van der Waals surface area contributed by atoms with Crippen LogP contribution in [-0.2, 0) is 9.59 Å². The van der Waals surface area contributed by atoms with E-state index in [-0.39, 0.29) is 68.5 Å². The number of hydrogen-bond acceptors (Lipinski definition) is 4. The fourth-order valence-corrected chi connectivity index (χ4v) is 11.6. The van der Waals surface area contributed by atoms with Gasteiger partial charge in [0.25, 0.3) is 0 Å². The van der Waals surface area contributed by atoms with Gasteiger partial charge in [-0.25, -0.2) is 4.79 Å². The summed E-state index contributed by atoms with van der Waals surface area (Å²) in [5, 5.41) is 13.7. The zero-order chi connectivity index (χ0) is 29.5. The van der Waals surface area contributed by atoms with E-state index in [1.54, 1.807) is 19.0 Å². The summed E-state index contributed by atoms with van der Waals surface area (Å²) in [5.74, 6) is 0.370. The summed E-state index contributed by atoms with van der Waals surface area (Å²) in [5.41, 5.74) is -1.32. The Balaban J connectivity index is 1.49.